The van der Waals surface area contributed by atoms with Crippen molar-refractivity contribution in [3.05, 3.63) is 30.0 Å². The molecule has 3 heterocycles. The first-order valence-electron chi connectivity index (χ1n) is 12.4. The summed E-state index contributed by atoms with van der Waals surface area (Å²) in [5, 5.41) is 16.2. The second-order valence-electron chi connectivity index (χ2n) is 9.92. The molecule has 5 atom stereocenters. The Bertz CT molecular complexity index is 1180. The molecule has 9 heteroatoms. The highest BCUT2D eigenvalue weighted by Crippen LogP contribution is 2.43. The molecule has 3 N–H and O–H groups in total. The highest BCUT2D eigenvalue weighted by molar-refractivity contribution is 6.02. The van der Waals surface area contributed by atoms with Gasteiger partial charge < -0.3 is 25.3 Å². The van der Waals surface area contributed by atoms with Gasteiger partial charge in [-0.1, -0.05) is 12.5 Å². The standard InChI is InChI=1S/C26H31N5O4/c1-35-22-9-3-8-20-19(22)12-21(30-20)26(34)31-14-16-5-2-7-18(16)23(31)25(33)29-17(13-27)11-15-6-4-10-28-24(15)32/h3,8-9,12,15-18,23,30H,2,4-7,10-11,14H2,1H3,(H,28,32)(H,29,33)/t15-,16-,17-,18-,23-/m0/s1. The number of rotatable bonds is 6. The van der Waals surface area contributed by atoms with E-state index in [1.807, 2.05) is 18.2 Å². The first-order chi connectivity index (χ1) is 17.0. The summed E-state index contributed by atoms with van der Waals surface area (Å²) in [4.78, 5) is 44.2. The number of aromatic nitrogens is 1. The van der Waals surface area contributed by atoms with Crippen molar-refractivity contribution >= 4 is 28.6 Å². The molecule has 1 aliphatic carbocycles. The van der Waals surface area contributed by atoms with Crippen LogP contribution >= 0.6 is 0 Å². The van der Waals surface area contributed by atoms with E-state index in [2.05, 4.69) is 21.7 Å². The van der Waals surface area contributed by atoms with Gasteiger partial charge in [0.1, 0.15) is 23.5 Å². The topological polar surface area (TPSA) is 127 Å². The average molecular weight is 478 g/mol. The number of hydrogen-bond donors (Lipinski definition) is 3. The number of nitrogens with zero attached hydrogens (tertiary/aromatic N) is 2. The molecular formula is C26H31N5O4. The minimum absolute atomic E-state index is 0.0616. The van der Waals surface area contributed by atoms with Crippen LogP contribution in [0.3, 0.4) is 0 Å². The summed E-state index contributed by atoms with van der Waals surface area (Å²) in [6.07, 6.45) is 4.77. The number of nitriles is 1. The molecule has 1 saturated carbocycles. The van der Waals surface area contributed by atoms with Crippen molar-refractivity contribution in [2.24, 2.45) is 17.8 Å². The number of aromatic amines is 1. The third-order valence-corrected chi connectivity index (χ3v) is 7.89. The zero-order valence-corrected chi connectivity index (χ0v) is 19.9. The van der Waals surface area contributed by atoms with Crippen LogP contribution < -0.4 is 15.4 Å². The van der Waals surface area contributed by atoms with Crippen LogP contribution in [0, 0.1) is 29.1 Å². The zero-order chi connectivity index (χ0) is 24.5. The van der Waals surface area contributed by atoms with Crippen molar-refractivity contribution in [2.75, 3.05) is 20.2 Å². The average Bonchev–Trinajstić information content (AvgIpc) is 3.58. The third-order valence-electron chi connectivity index (χ3n) is 7.89. The second-order valence-corrected chi connectivity index (χ2v) is 9.92. The predicted molar refractivity (Wildman–Crippen MR) is 128 cm³/mol. The Morgan fingerprint density at radius 1 is 1.29 bits per heavy atom. The Kier molecular flexibility index (Phi) is 6.37. The molecule has 1 aromatic carbocycles. The SMILES string of the molecule is COc1cccc2[nH]c(C(=O)N3C[C@@H]4CCC[C@@H]4[C@H]3C(=O)N[C@H](C#N)C[C@@H]3CCCNC3=O)cc12. The van der Waals surface area contributed by atoms with Crippen LogP contribution in [0.5, 0.6) is 5.75 Å². The van der Waals surface area contributed by atoms with Gasteiger partial charge in [-0.05, 0) is 62.1 Å². The lowest BCUT2D eigenvalue weighted by Crippen LogP contribution is -2.51. The van der Waals surface area contributed by atoms with E-state index >= 15 is 0 Å². The molecule has 35 heavy (non-hydrogen) atoms. The molecule has 3 amide bonds. The summed E-state index contributed by atoms with van der Waals surface area (Å²) in [7, 11) is 1.59. The van der Waals surface area contributed by atoms with Crippen molar-refractivity contribution in [2.45, 2.75) is 50.6 Å². The fourth-order valence-corrected chi connectivity index (χ4v) is 6.17. The van der Waals surface area contributed by atoms with E-state index in [1.54, 1.807) is 18.1 Å². The Hall–Kier alpha value is -3.54. The molecule has 2 aliphatic heterocycles. The van der Waals surface area contributed by atoms with Crippen LogP contribution in [0.4, 0.5) is 0 Å². The van der Waals surface area contributed by atoms with Gasteiger partial charge in [-0.15, -0.1) is 0 Å². The van der Waals surface area contributed by atoms with E-state index in [0.29, 0.717) is 31.0 Å². The lowest BCUT2D eigenvalue weighted by molar-refractivity contribution is -0.129. The normalized spacial score (nSPS) is 26.6. The largest absolute Gasteiger partial charge is 0.496 e. The van der Waals surface area contributed by atoms with Crippen LogP contribution in [0.2, 0.25) is 0 Å². The van der Waals surface area contributed by atoms with Crippen LogP contribution in [-0.2, 0) is 9.59 Å². The summed E-state index contributed by atoms with van der Waals surface area (Å²) in [6.45, 7) is 1.18. The van der Waals surface area contributed by atoms with Crippen LogP contribution in [0.15, 0.2) is 24.3 Å². The lowest BCUT2D eigenvalue weighted by atomic mass is 9.91. The summed E-state index contributed by atoms with van der Waals surface area (Å²) < 4.78 is 5.42. The number of ether oxygens (including phenoxy) is 1. The summed E-state index contributed by atoms with van der Waals surface area (Å²) in [6, 6.07) is 8.12. The highest BCUT2D eigenvalue weighted by Gasteiger charge is 2.50. The van der Waals surface area contributed by atoms with E-state index in [-0.39, 0.29) is 41.9 Å². The van der Waals surface area contributed by atoms with Gasteiger partial charge in [-0.3, -0.25) is 14.4 Å². The minimum Gasteiger partial charge on any atom is -0.496 e. The zero-order valence-electron chi connectivity index (χ0n) is 19.9. The lowest BCUT2D eigenvalue weighted by Gasteiger charge is -2.29. The number of H-pyrrole nitrogens is 1. The Balaban J connectivity index is 1.36. The number of amides is 3. The molecule has 5 rings (SSSR count). The van der Waals surface area contributed by atoms with Gasteiger partial charge in [-0.25, -0.2) is 0 Å². The molecule has 0 radical (unpaired) electrons. The van der Waals surface area contributed by atoms with Crippen molar-refractivity contribution in [1.29, 1.82) is 5.26 Å². The first-order valence-corrected chi connectivity index (χ1v) is 12.4. The minimum atomic E-state index is -0.772. The molecule has 184 valence electrons. The van der Waals surface area contributed by atoms with Crippen molar-refractivity contribution in [3.8, 4) is 11.8 Å². The molecule has 1 aromatic heterocycles. The Morgan fingerprint density at radius 3 is 2.91 bits per heavy atom. The fraction of sp³-hybridized carbons (Fsp3) is 0.538. The fourth-order valence-electron chi connectivity index (χ4n) is 6.17. The maximum absolute atomic E-state index is 13.6. The van der Waals surface area contributed by atoms with Gasteiger partial charge in [-0.2, -0.15) is 5.26 Å². The van der Waals surface area contributed by atoms with Gasteiger partial charge in [0.05, 0.1) is 13.2 Å². The number of fused-ring (bicyclic) bond motifs is 2. The molecule has 3 aliphatic rings. The molecule has 0 spiro atoms. The number of piperidine rings is 1. The van der Waals surface area contributed by atoms with E-state index in [0.717, 1.165) is 36.6 Å². The van der Waals surface area contributed by atoms with Crippen LogP contribution in [0.1, 0.15) is 49.0 Å². The summed E-state index contributed by atoms with van der Waals surface area (Å²) in [5.74, 6) is 0.161. The Labute approximate surface area is 204 Å². The molecular weight excluding hydrogens is 446 g/mol. The smallest absolute Gasteiger partial charge is 0.271 e. The molecule has 0 bridgehead atoms. The van der Waals surface area contributed by atoms with Gasteiger partial charge >= 0.3 is 0 Å². The molecule has 9 nitrogen and oxygen atoms in total. The van der Waals surface area contributed by atoms with Gasteiger partial charge in [0.15, 0.2) is 0 Å². The number of carbonyl (C=O) groups is 3. The highest BCUT2D eigenvalue weighted by atomic mass is 16.5. The van der Waals surface area contributed by atoms with Crippen molar-refractivity contribution < 1.29 is 19.1 Å². The summed E-state index contributed by atoms with van der Waals surface area (Å²) >= 11 is 0. The van der Waals surface area contributed by atoms with E-state index < -0.39 is 12.1 Å². The van der Waals surface area contributed by atoms with Gasteiger partial charge in [0.25, 0.3) is 5.91 Å². The Morgan fingerprint density at radius 2 is 2.14 bits per heavy atom. The molecule has 3 fully saturated rings. The van der Waals surface area contributed by atoms with Crippen LogP contribution in [0.25, 0.3) is 10.9 Å². The predicted octanol–water partition coefficient (Wildman–Crippen LogP) is 2.34. The second kappa shape index (κ2) is 9.61. The number of benzene rings is 1. The first kappa shape index (κ1) is 23.2. The van der Waals surface area contributed by atoms with E-state index in [4.69, 9.17) is 4.74 Å². The van der Waals surface area contributed by atoms with Crippen molar-refractivity contribution in [3.63, 3.8) is 0 Å². The summed E-state index contributed by atoms with van der Waals surface area (Å²) in [5.41, 5.74) is 1.21. The quantitative estimate of drug-likeness (QED) is 0.589. The van der Waals surface area contributed by atoms with Crippen molar-refractivity contribution in [1.82, 2.24) is 20.5 Å². The van der Waals surface area contributed by atoms with Crippen LogP contribution in [-0.4, -0.2) is 59.9 Å². The number of carbonyl (C=O) groups excluding carboxylic acids is 3. The third kappa shape index (κ3) is 4.33. The molecule has 2 saturated heterocycles. The maximum atomic E-state index is 13.6. The maximum Gasteiger partial charge on any atom is 0.271 e. The number of likely N-dealkylation sites (tertiary alicyclic amines) is 1. The van der Waals surface area contributed by atoms with E-state index in [9.17, 15) is 19.6 Å². The van der Waals surface area contributed by atoms with E-state index in [1.165, 1.54) is 0 Å². The number of methoxy groups -OCH3 is 1. The number of nitrogens with one attached hydrogen (secondary N) is 3. The molecule has 2 aromatic rings. The van der Waals surface area contributed by atoms with Gasteiger partial charge in [0.2, 0.25) is 11.8 Å². The number of hydrogen-bond acceptors (Lipinski definition) is 5. The monoisotopic (exact) mass is 477 g/mol. The van der Waals surface area contributed by atoms with Gasteiger partial charge in [0, 0.05) is 29.9 Å². The molecule has 0 unspecified atom stereocenters.